The number of thioether (sulfide) groups is 1. The lowest BCUT2D eigenvalue weighted by atomic mass is 10.3. The summed E-state index contributed by atoms with van der Waals surface area (Å²) in [5, 5.41) is 6.21. The number of nitrogens with zero attached hydrogens (tertiary/aromatic N) is 3. The van der Waals surface area contributed by atoms with Gasteiger partial charge >= 0.3 is 0 Å². The zero-order valence-corrected chi connectivity index (χ0v) is 11.9. The second-order valence-electron chi connectivity index (χ2n) is 3.67. The van der Waals surface area contributed by atoms with Gasteiger partial charge in [-0.15, -0.1) is 11.3 Å². The molecule has 2 aromatic rings. The number of hydrogen-bond donors (Lipinski definition) is 1. The molecular formula is C11H16N4S2. The number of fused-ring (bicyclic) bond motifs is 1. The number of rotatable bonds is 5. The average molecular weight is 268 g/mol. The van der Waals surface area contributed by atoms with Gasteiger partial charge in [0.15, 0.2) is 0 Å². The van der Waals surface area contributed by atoms with E-state index in [9.17, 15) is 0 Å². The first-order valence-corrected chi connectivity index (χ1v) is 7.66. The summed E-state index contributed by atoms with van der Waals surface area (Å²) >= 11 is 3.49. The molecule has 2 rings (SSSR count). The van der Waals surface area contributed by atoms with E-state index < -0.39 is 0 Å². The van der Waals surface area contributed by atoms with Crippen LogP contribution in [0, 0.1) is 0 Å². The lowest BCUT2D eigenvalue weighted by molar-refractivity contribution is 0.950. The maximum atomic E-state index is 4.55. The zero-order valence-electron chi connectivity index (χ0n) is 10.2. The van der Waals surface area contributed by atoms with Crippen LogP contribution in [0.2, 0.25) is 0 Å². The van der Waals surface area contributed by atoms with Gasteiger partial charge in [0.2, 0.25) is 5.95 Å². The molecule has 0 bridgehead atoms. The van der Waals surface area contributed by atoms with Gasteiger partial charge in [0.05, 0.1) is 5.39 Å². The minimum Gasteiger partial charge on any atom is -0.358 e. The molecule has 0 radical (unpaired) electrons. The van der Waals surface area contributed by atoms with Gasteiger partial charge in [0, 0.05) is 26.4 Å². The van der Waals surface area contributed by atoms with E-state index in [1.165, 1.54) is 0 Å². The molecule has 0 aliphatic heterocycles. The van der Waals surface area contributed by atoms with E-state index >= 15 is 0 Å². The molecule has 0 spiro atoms. The molecule has 0 aliphatic carbocycles. The third kappa shape index (κ3) is 2.63. The summed E-state index contributed by atoms with van der Waals surface area (Å²) in [6.07, 6.45) is 2.12. The molecule has 0 atom stereocenters. The van der Waals surface area contributed by atoms with Crippen LogP contribution >= 0.6 is 23.1 Å². The first-order valence-electron chi connectivity index (χ1n) is 5.39. The molecule has 17 heavy (non-hydrogen) atoms. The summed E-state index contributed by atoms with van der Waals surface area (Å²) in [6.45, 7) is 0.992. The SMILES string of the molecule is CNc1nc(N(C)CCSC)c2ccsc2n1. The molecule has 0 amide bonds. The van der Waals surface area contributed by atoms with Crippen LogP contribution in [0.1, 0.15) is 0 Å². The predicted molar refractivity (Wildman–Crippen MR) is 78.6 cm³/mol. The van der Waals surface area contributed by atoms with Crippen LogP contribution in [-0.4, -0.2) is 42.6 Å². The number of hydrogen-bond acceptors (Lipinski definition) is 6. The molecule has 0 aromatic carbocycles. The van der Waals surface area contributed by atoms with Gasteiger partial charge in [-0.05, 0) is 17.7 Å². The molecule has 1 N–H and O–H groups in total. The van der Waals surface area contributed by atoms with Gasteiger partial charge < -0.3 is 10.2 Å². The Morgan fingerprint density at radius 3 is 3.00 bits per heavy atom. The minimum atomic E-state index is 0.686. The van der Waals surface area contributed by atoms with Crippen molar-refractivity contribution in [3.05, 3.63) is 11.4 Å². The van der Waals surface area contributed by atoms with E-state index in [2.05, 4.69) is 44.9 Å². The van der Waals surface area contributed by atoms with Crippen LogP contribution in [0.15, 0.2) is 11.4 Å². The van der Waals surface area contributed by atoms with Crippen molar-refractivity contribution in [3.63, 3.8) is 0 Å². The summed E-state index contributed by atoms with van der Waals surface area (Å²) in [6, 6.07) is 2.09. The molecular weight excluding hydrogens is 252 g/mol. The topological polar surface area (TPSA) is 41.1 Å². The molecule has 4 nitrogen and oxygen atoms in total. The number of aromatic nitrogens is 2. The quantitative estimate of drug-likeness (QED) is 0.902. The Bertz CT molecular complexity index is 497. The molecule has 2 heterocycles. The van der Waals surface area contributed by atoms with Gasteiger partial charge in [-0.25, -0.2) is 4.98 Å². The van der Waals surface area contributed by atoms with Crippen molar-refractivity contribution < 1.29 is 0 Å². The number of anilines is 2. The lowest BCUT2D eigenvalue weighted by Crippen LogP contribution is -2.22. The van der Waals surface area contributed by atoms with Crippen LogP contribution in [0.3, 0.4) is 0 Å². The predicted octanol–water partition coefficient (Wildman–Crippen LogP) is 2.53. The Labute approximate surface area is 109 Å². The minimum absolute atomic E-state index is 0.686. The van der Waals surface area contributed by atoms with E-state index in [0.717, 1.165) is 28.3 Å². The summed E-state index contributed by atoms with van der Waals surface area (Å²) in [4.78, 5) is 12.2. The fraction of sp³-hybridized carbons (Fsp3) is 0.455. The van der Waals surface area contributed by atoms with Crippen molar-refractivity contribution in [3.8, 4) is 0 Å². The summed E-state index contributed by atoms with van der Waals surface area (Å²) in [7, 11) is 3.93. The Hall–Kier alpha value is -1.01. The van der Waals surface area contributed by atoms with Gasteiger partial charge in [-0.2, -0.15) is 16.7 Å². The van der Waals surface area contributed by atoms with Crippen LogP contribution in [0.4, 0.5) is 11.8 Å². The number of nitrogens with one attached hydrogen (secondary N) is 1. The van der Waals surface area contributed by atoms with Gasteiger partial charge in [0.1, 0.15) is 10.6 Å². The highest BCUT2D eigenvalue weighted by molar-refractivity contribution is 7.98. The Balaban J connectivity index is 2.39. The number of thiophene rings is 1. The van der Waals surface area contributed by atoms with E-state index in [0.29, 0.717) is 5.95 Å². The van der Waals surface area contributed by atoms with E-state index in [-0.39, 0.29) is 0 Å². The zero-order chi connectivity index (χ0) is 12.3. The smallest absolute Gasteiger partial charge is 0.225 e. The van der Waals surface area contributed by atoms with Crippen molar-refractivity contribution in [1.29, 1.82) is 0 Å². The maximum absolute atomic E-state index is 4.55. The largest absolute Gasteiger partial charge is 0.358 e. The summed E-state index contributed by atoms with van der Waals surface area (Å²) in [5.74, 6) is 2.79. The Morgan fingerprint density at radius 1 is 1.47 bits per heavy atom. The highest BCUT2D eigenvalue weighted by Gasteiger charge is 2.11. The van der Waals surface area contributed by atoms with Crippen molar-refractivity contribution in [2.45, 2.75) is 0 Å². The van der Waals surface area contributed by atoms with E-state index in [4.69, 9.17) is 0 Å². The first kappa shape index (κ1) is 12.4. The highest BCUT2D eigenvalue weighted by Crippen LogP contribution is 2.28. The van der Waals surface area contributed by atoms with Crippen LogP contribution < -0.4 is 10.2 Å². The van der Waals surface area contributed by atoms with Crippen molar-refractivity contribution in [1.82, 2.24) is 9.97 Å². The maximum Gasteiger partial charge on any atom is 0.225 e. The van der Waals surface area contributed by atoms with Gasteiger partial charge in [-0.1, -0.05) is 0 Å². The van der Waals surface area contributed by atoms with Crippen molar-refractivity contribution in [2.24, 2.45) is 0 Å². The molecule has 6 heteroatoms. The molecule has 0 unspecified atom stereocenters. The fourth-order valence-corrected chi connectivity index (χ4v) is 2.79. The van der Waals surface area contributed by atoms with Crippen LogP contribution in [0.25, 0.3) is 10.2 Å². The standard InChI is InChI=1S/C11H16N4S2/c1-12-11-13-9(15(2)5-7-16-3)8-4-6-17-10(8)14-11/h4,6H,5,7H2,1-3H3,(H,12,13,14). The van der Waals surface area contributed by atoms with Gasteiger partial charge in [-0.3, -0.25) is 0 Å². The molecule has 0 saturated carbocycles. The van der Waals surface area contributed by atoms with Crippen LogP contribution in [0.5, 0.6) is 0 Å². The molecule has 0 saturated heterocycles. The molecule has 0 aliphatic rings. The monoisotopic (exact) mass is 268 g/mol. The summed E-state index contributed by atoms with van der Waals surface area (Å²) in [5.41, 5.74) is 0. The summed E-state index contributed by atoms with van der Waals surface area (Å²) < 4.78 is 0. The average Bonchev–Trinajstić information content (AvgIpc) is 2.82. The highest BCUT2D eigenvalue weighted by atomic mass is 32.2. The third-order valence-corrected chi connectivity index (χ3v) is 3.92. The van der Waals surface area contributed by atoms with E-state index in [1.54, 1.807) is 11.3 Å². The molecule has 92 valence electrons. The van der Waals surface area contributed by atoms with Gasteiger partial charge in [0.25, 0.3) is 0 Å². The Kier molecular flexibility index (Phi) is 4.06. The molecule has 2 aromatic heterocycles. The second kappa shape index (κ2) is 5.55. The van der Waals surface area contributed by atoms with E-state index in [1.807, 2.05) is 18.8 Å². The second-order valence-corrected chi connectivity index (χ2v) is 5.55. The first-order chi connectivity index (χ1) is 8.26. The fourth-order valence-electron chi connectivity index (χ4n) is 1.58. The molecule has 0 fully saturated rings. The van der Waals surface area contributed by atoms with Crippen molar-refractivity contribution >= 4 is 45.1 Å². The lowest BCUT2D eigenvalue weighted by Gasteiger charge is -2.18. The van der Waals surface area contributed by atoms with Crippen molar-refractivity contribution in [2.75, 3.05) is 42.9 Å². The Morgan fingerprint density at radius 2 is 2.29 bits per heavy atom. The normalized spacial score (nSPS) is 10.8. The van der Waals surface area contributed by atoms with Crippen LogP contribution in [-0.2, 0) is 0 Å². The third-order valence-electron chi connectivity index (χ3n) is 2.52.